The van der Waals surface area contributed by atoms with Crippen molar-refractivity contribution >= 4 is 40.1 Å². The van der Waals surface area contributed by atoms with E-state index < -0.39 is 11.6 Å². The largest absolute Gasteiger partial charge is 0.340 e. The van der Waals surface area contributed by atoms with E-state index in [1.54, 1.807) is 11.8 Å². The summed E-state index contributed by atoms with van der Waals surface area (Å²) in [5, 5.41) is 2.93. The molecule has 1 aliphatic carbocycles. The molecule has 1 aromatic carbocycles. The van der Waals surface area contributed by atoms with E-state index in [-0.39, 0.29) is 17.7 Å². The maximum Gasteiger partial charge on any atom is 0.253 e. The van der Waals surface area contributed by atoms with Crippen molar-refractivity contribution in [1.82, 2.24) is 5.32 Å². The zero-order valence-corrected chi connectivity index (χ0v) is 13.7. The summed E-state index contributed by atoms with van der Waals surface area (Å²) in [5.41, 5.74) is 0.0525. The van der Waals surface area contributed by atoms with Gasteiger partial charge in [-0.05, 0) is 79.5 Å². The van der Waals surface area contributed by atoms with Crippen LogP contribution < -0.4 is 10.2 Å². The van der Waals surface area contributed by atoms with Gasteiger partial charge in [0, 0.05) is 9.26 Å². The van der Waals surface area contributed by atoms with Crippen molar-refractivity contribution < 1.29 is 9.59 Å². The normalized spacial score (nSPS) is 30.4. The summed E-state index contributed by atoms with van der Waals surface area (Å²) in [7, 11) is 0. The van der Waals surface area contributed by atoms with Gasteiger partial charge in [-0.15, -0.1) is 0 Å². The van der Waals surface area contributed by atoms with Crippen molar-refractivity contribution in [2.45, 2.75) is 38.3 Å². The average Bonchev–Trinajstić information content (AvgIpc) is 3.24. The van der Waals surface area contributed by atoms with Crippen LogP contribution in [0, 0.1) is 9.49 Å². The van der Waals surface area contributed by atoms with Gasteiger partial charge in [0.05, 0.1) is 0 Å². The Kier molecular flexibility index (Phi) is 3.27. The number of benzene rings is 1. The average molecular weight is 384 g/mol. The Morgan fingerprint density at radius 3 is 2.40 bits per heavy atom. The predicted octanol–water partition coefficient (Wildman–Crippen LogP) is 2.31. The maximum absolute atomic E-state index is 12.9. The molecule has 0 radical (unpaired) electrons. The molecule has 2 amide bonds. The molecule has 0 aromatic heterocycles. The first-order valence-electron chi connectivity index (χ1n) is 6.85. The third-order valence-corrected chi connectivity index (χ3v) is 5.03. The Labute approximate surface area is 132 Å². The van der Waals surface area contributed by atoms with E-state index in [2.05, 4.69) is 27.9 Å². The van der Waals surface area contributed by atoms with Crippen LogP contribution in [0.1, 0.15) is 26.7 Å². The molecular formula is C15H17IN2O2. The third-order valence-electron chi connectivity index (χ3n) is 4.31. The first-order valence-corrected chi connectivity index (χ1v) is 7.92. The lowest BCUT2D eigenvalue weighted by Gasteiger charge is -2.43. The molecule has 1 N–H and O–H groups in total. The monoisotopic (exact) mass is 384 g/mol. The molecule has 1 aliphatic heterocycles. The number of anilines is 1. The van der Waals surface area contributed by atoms with Crippen molar-refractivity contribution in [2.75, 3.05) is 4.90 Å². The summed E-state index contributed by atoms with van der Waals surface area (Å²) in [6.07, 6.45) is 2.02. The summed E-state index contributed by atoms with van der Waals surface area (Å²) >= 11 is 2.23. The Morgan fingerprint density at radius 1 is 1.25 bits per heavy atom. The van der Waals surface area contributed by atoms with Crippen LogP contribution in [0.5, 0.6) is 0 Å². The Hall–Kier alpha value is -1.11. The number of hydrogen-bond donors (Lipinski definition) is 1. The van der Waals surface area contributed by atoms with E-state index in [1.165, 1.54) is 0 Å². The molecule has 106 valence electrons. The molecule has 20 heavy (non-hydrogen) atoms. The minimum Gasteiger partial charge on any atom is -0.340 e. The molecule has 2 unspecified atom stereocenters. The summed E-state index contributed by atoms with van der Waals surface area (Å²) in [6.45, 7) is 3.63. The van der Waals surface area contributed by atoms with Gasteiger partial charge in [-0.3, -0.25) is 14.5 Å². The van der Waals surface area contributed by atoms with Crippen LogP contribution in [-0.4, -0.2) is 23.4 Å². The molecule has 0 bridgehead atoms. The van der Waals surface area contributed by atoms with E-state index in [0.717, 1.165) is 22.1 Å². The fourth-order valence-electron chi connectivity index (χ4n) is 2.84. The number of piperazine rings is 1. The van der Waals surface area contributed by atoms with Gasteiger partial charge in [-0.2, -0.15) is 0 Å². The number of rotatable bonds is 2. The summed E-state index contributed by atoms with van der Waals surface area (Å²) in [6, 6.07) is 7.26. The first-order chi connectivity index (χ1) is 9.43. The second-order valence-corrected chi connectivity index (χ2v) is 7.04. The smallest absolute Gasteiger partial charge is 0.253 e. The van der Waals surface area contributed by atoms with Gasteiger partial charge in [0.1, 0.15) is 11.6 Å². The highest BCUT2D eigenvalue weighted by Crippen LogP contribution is 2.43. The van der Waals surface area contributed by atoms with Gasteiger partial charge in [-0.1, -0.05) is 0 Å². The van der Waals surface area contributed by atoms with E-state index in [4.69, 9.17) is 0 Å². The van der Waals surface area contributed by atoms with Crippen LogP contribution in [0.25, 0.3) is 0 Å². The van der Waals surface area contributed by atoms with E-state index in [1.807, 2.05) is 31.2 Å². The molecule has 1 aromatic rings. The molecule has 4 nitrogen and oxygen atoms in total. The Balaban J connectivity index is 2.00. The quantitative estimate of drug-likeness (QED) is 0.796. The van der Waals surface area contributed by atoms with Gasteiger partial charge in [-0.25, -0.2) is 0 Å². The van der Waals surface area contributed by atoms with Crippen molar-refractivity contribution in [3.63, 3.8) is 0 Å². The molecule has 0 spiro atoms. The highest BCUT2D eigenvalue weighted by atomic mass is 127. The molecule has 5 heteroatoms. The Morgan fingerprint density at radius 2 is 1.85 bits per heavy atom. The minimum atomic E-state index is -0.743. The van der Waals surface area contributed by atoms with Gasteiger partial charge >= 0.3 is 0 Å². The second kappa shape index (κ2) is 4.72. The van der Waals surface area contributed by atoms with Crippen LogP contribution in [0.3, 0.4) is 0 Å². The van der Waals surface area contributed by atoms with Gasteiger partial charge < -0.3 is 5.32 Å². The zero-order chi connectivity index (χ0) is 14.5. The van der Waals surface area contributed by atoms with E-state index >= 15 is 0 Å². The topological polar surface area (TPSA) is 49.4 Å². The van der Waals surface area contributed by atoms with Crippen LogP contribution in [0.2, 0.25) is 0 Å². The molecule has 1 saturated carbocycles. The molecule has 1 heterocycles. The second-order valence-electron chi connectivity index (χ2n) is 5.79. The predicted molar refractivity (Wildman–Crippen MR) is 85.4 cm³/mol. The summed E-state index contributed by atoms with van der Waals surface area (Å²) < 4.78 is 1.11. The maximum atomic E-state index is 12.9. The number of hydrogen-bond acceptors (Lipinski definition) is 2. The van der Waals surface area contributed by atoms with Crippen molar-refractivity contribution in [3.05, 3.63) is 27.8 Å². The molecule has 3 rings (SSSR count). The minimum absolute atomic E-state index is 0.00769. The van der Waals surface area contributed by atoms with Crippen LogP contribution in [-0.2, 0) is 9.59 Å². The fraction of sp³-hybridized carbons (Fsp3) is 0.467. The fourth-order valence-corrected chi connectivity index (χ4v) is 3.20. The summed E-state index contributed by atoms with van der Waals surface area (Å²) in [5.74, 6) is 0.212. The number of carbonyl (C=O) groups is 2. The molecule has 2 atom stereocenters. The number of nitrogens with zero attached hydrogens (tertiary/aromatic N) is 1. The number of carbonyl (C=O) groups excluding carboxylic acids is 2. The summed E-state index contributed by atoms with van der Waals surface area (Å²) in [4.78, 5) is 26.8. The zero-order valence-electron chi connectivity index (χ0n) is 11.5. The van der Waals surface area contributed by atoms with Gasteiger partial charge in [0.15, 0.2) is 0 Å². The third kappa shape index (κ3) is 2.12. The lowest BCUT2D eigenvalue weighted by atomic mass is 9.89. The first kappa shape index (κ1) is 13.9. The van der Waals surface area contributed by atoms with Crippen molar-refractivity contribution in [2.24, 2.45) is 5.92 Å². The van der Waals surface area contributed by atoms with Gasteiger partial charge in [0.25, 0.3) is 5.91 Å². The van der Waals surface area contributed by atoms with Crippen molar-refractivity contribution in [1.29, 1.82) is 0 Å². The number of nitrogens with one attached hydrogen (secondary N) is 1. The number of halogens is 1. The molecule has 2 aliphatic rings. The van der Waals surface area contributed by atoms with Crippen LogP contribution in [0.4, 0.5) is 5.69 Å². The molecule has 1 saturated heterocycles. The van der Waals surface area contributed by atoms with Crippen LogP contribution >= 0.6 is 22.6 Å². The number of amides is 2. The lowest BCUT2D eigenvalue weighted by molar-refractivity contribution is -0.138. The van der Waals surface area contributed by atoms with E-state index in [9.17, 15) is 9.59 Å². The van der Waals surface area contributed by atoms with Crippen LogP contribution in [0.15, 0.2) is 24.3 Å². The Bertz CT molecular complexity index is 568. The molecular weight excluding hydrogens is 367 g/mol. The van der Waals surface area contributed by atoms with Gasteiger partial charge in [0.2, 0.25) is 5.91 Å². The highest BCUT2D eigenvalue weighted by Gasteiger charge is 2.54. The van der Waals surface area contributed by atoms with E-state index in [0.29, 0.717) is 0 Å². The molecule has 2 fully saturated rings. The highest BCUT2D eigenvalue weighted by molar-refractivity contribution is 14.1. The standard InChI is InChI=1S/C15H17IN2O2/c1-9-13(19)17-15(2,10-3-4-10)14(20)18(9)12-7-5-11(16)6-8-12/h5-10H,3-4H2,1-2H3,(H,17,19). The lowest BCUT2D eigenvalue weighted by Crippen LogP contribution is -2.69. The SMILES string of the molecule is CC1C(=O)NC(C)(C2CC2)C(=O)N1c1ccc(I)cc1. The van der Waals surface area contributed by atoms with Crippen molar-refractivity contribution in [3.8, 4) is 0 Å².